The standard InChI is InChI=1S/C20H30ClN3O3S/c1-3-28(25)16-6-4-5-15(13-16)24-20(22-2)23-8-7-14-11-17(21)19-18(12-14)26-9-10-27-19/h11-12,15-16H,3-10,13H2,1-2H3,(H2,22,23,24). The van der Waals surface area contributed by atoms with E-state index in [1.807, 2.05) is 19.1 Å². The molecule has 1 fully saturated rings. The maximum atomic E-state index is 12.1. The summed E-state index contributed by atoms with van der Waals surface area (Å²) >= 11 is 6.31. The van der Waals surface area contributed by atoms with Gasteiger partial charge in [-0.15, -0.1) is 0 Å². The fraction of sp³-hybridized carbons (Fsp3) is 0.650. The van der Waals surface area contributed by atoms with E-state index in [1.54, 1.807) is 7.05 Å². The maximum absolute atomic E-state index is 12.1. The third kappa shape index (κ3) is 5.54. The topological polar surface area (TPSA) is 72.0 Å². The molecule has 0 bridgehead atoms. The maximum Gasteiger partial charge on any atom is 0.191 e. The predicted molar refractivity (Wildman–Crippen MR) is 115 cm³/mol. The number of halogens is 1. The van der Waals surface area contributed by atoms with Gasteiger partial charge in [-0.1, -0.05) is 24.9 Å². The summed E-state index contributed by atoms with van der Waals surface area (Å²) in [6, 6.07) is 4.24. The summed E-state index contributed by atoms with van der Waals surface area (Å²) in [7, 11) is 1.06. The molecule has 0 amide bonds. The van der Waals surface area contributed by atoms with E-state index in [0.717, 1.165) is 55.9 Å². The lowest BCUT2D eigenvalue weighted by Gasteiger charge is -2.30. The molecule has 3 unspecified atom stereocenters. The highest BCUT2D eigenvalue weighted by atomic mass is 35.5. The summed E-state index contributed by atoms with van der Waals surface area (Å²) in [5.41, 5.74) is 1.09. The number of ether oxygens (including phenoxy) is 2. The van der Waals surface area contributed by atoms with E-state index in [9.17, 15) is 4.21 Å². The molecule has 2 N–H and O–H groups in total. The fourth-order valence-corrected chi connectivity index (χ4v) is 5.41. The van der Waals surface area contributed by atoms with Crippen molar-refractivity contribution < 1.29 is 13.7 Å². The van der Waals surface area contributed by atoms with Crippen molar-refractivity contribution in [3.63, 3.8) is 0 Å². The summed E-state index contributed by atoms with van der Waals surface area (Å²) in [4.78, 5) is 4.34. The Hall–Kier alpha value is -1.47. The molecule has 28 heavy (non-hydrogen) atoms. The van der Waals surface area contributed by atoms with Crippen LogP contribution in [0.5, 0.6) is 11.5 Å². The minimum atomic E-state index is -0.720. The fourth-order valence-electron chi connectivity index (χ4n) is 3.77. The van der Waals surface area contributed by atoms with Crippen LogP contribution in [0.4, 0.5) is 0 Å². The van der Waals surface area contributed by atoms with Gasteiger partial charge in [0, 0.05) is 41.4 Å². The van der Waals surface area contributed by atoms with Gasteiger partial charge in [-0.2, -0.15) is 0 Å². The molecule has 1 heterocycles. The molecule has 1 aliphatic carbocycles. The Bertz CT molecular complexity index is 729. The van der Waals surface area contributed by atoms with Gasteiger partial charge in [0.1, 0.15) is 13.2 Å². The summed E-state index contributed by atoms with van der Waals surface area (Å²) in [6.07, 6.45) is 5.01. The molecule has 0 radical (unpaired) electrons. The molecular weight excluding hydrogens is 398 g/mol. The van der Waals surface area contributed by atoms with Gasteiger partial charge in [-0.3, -0.25) is 9.20 Å². The Balaban J connectivity index is 1.49. The third-order valence-corrected chi connectivity index (χ3v) is 7.23. The van der Waals surface area contributed by atoms with Gasteiger partial charge >= 0.3 is 0 Å². The van der Waals surface area contributed by atoms with E-state index < -0.39 is 10.8 Å². The Morgan fingerprint density at radius 2 is 2.14 bits per heavy atom. The number of guanidine groups is 1. The molecule has 0 aromatic heterocycles. The highest BCUT2D eigenvalue weighted by molar-refractivity contribution is 7.85. The van der Waals surface area contributed by atoms with Gasteiger partial charge in [0.15, 0.2) is 17.5 Å². The second-order valence-corrected chi connectivity index (χ2v) is 9.56. The van der Waals surface area contributed by atoms with Crippen molar-refractivity contribution in [2.75, 3.05) is 32.6 Å². The summed E-state index contributed by atoms with van der Waals surface area (Å²) in [6.45, 7) is 3.81. The molecule has 156 valence electrons. The van der Waals surface area contributed by atoms with Crippen molar-refractivity contribution in [3.05, 3.63) is 22.7 Å². The van der Waals surface area contributed by atoms with Crippen LogP contribution < -0.4 is 20.1 Å². The van der Waals surface area contributed by atoms with E-state index in [2.05, 4.69) is 15.6 Å². The average Bonchev–Trinajstić information content (AvgIpc) is 2.72. The normalized spacial score (nSPS) is 23.2. The molecule has 6 nitrogen and oxygen atoms in total. The van der Waals surface area contributed by atoms with E-state index in [0.29, 0.717) is 41.0 Å². The Morgan fingerprint density at radius 1 is 1.32 bits per heavy atom. The Morgan fingerprint density at radius 3 is 2.93 bits per heavy atom. The van der Waals surface area contributed by atoms with Crippen LogP contribution in [-0.2, 0) is 17.2 Å². The lowest BCUT2D eigenvalue weighted by molar-refractivity contribution is 0.171. The van der Waals surface area contributed by atoms with Gasteiger partial charge in [0.25, 0.3) is 0 Å². The van der Waals surface area contributed by atoms with Crippen LogP contribution in [0, 0.1) is 0 Å². The molecule has 1 saturated carbocycles. The molecule has 3 atom stereocenters. The van der Waals surface area contributed by atoms with Gasteiger partial charge in [0.05, 0.1) is 5.02 Å². The zero-order valence-corrected chi connectivity index (χ0v) is 18.2. The summed E-state index contributed by atoms with van der Waals surface area (Å²) in [5, 5.41) is 7.76. The Labute approximate surface area is 174 Å². The number of fused-ring (bicyclic) bond motifs is 1. The van der Waals surface area contributed by atoms with Crippen molar-refractivity contribution in [2.24, 2.45) is 4.99 Å². The molecule has 3 rings (SSSR count). The average molecular weight is 428 g/mol. The first-order valence-electron chi connectivity index (χ1n) is 10.0. The first-order chi connectivity index (χ1) is 13.6. The number of nitrogens with zero attached hydrogens (tertiary/aromatic N) is 1. The van der Waals surface area contributed by atoms with Crippen LogP contribution >= 0.6 is 11.6 Å². The predicted octanol–water partition coefficient (Wildman–Crippen LogP) is 2.90. The molecule has 0 spiro atoms. The van der Waals surface area contributed by atoms with Crippen LogP contribution in [0.1, 0.15) is 38.2 Å². The van der Waals surface area contributed by atoms with Gasteiger partial charge in [-0.25, -0.2) is 0 Å². The van der Waals surface area contributed by atoms with Crippen molar-refractivity contribution in [1.82, 2.24) is 10.6 Å². The van der Waals surface area contributed by atoms with Crippen LogP contribution in [0.25, 0.3) is 0 Å². The number of aliphatic imine (C=N–C) groups is 1. The van der Waals surface area contributed by atoms with Crippen molar-refractivity contribution in [1.29, 1.82) is 0 Å². The molecule has 1 aliphatic heterocycles. The van der Waals surface area contributed by atoms with E-state index in [-0.39, 0.29) is 0 Å². The number of hydrogen-bond donors (Lipinski definition) is 2. The van der Waals surface area contributed by atoms with Gasteiger partial charge in [-0.05, 0) is 43.4 Å². The zero-order chi connectivity index (χ0) is 19.9. The van der Waals surface area contributed by atoms with Crippen LogP contribution in [0.15, 0.2) is 17.1 Å². The minimum Gasteiger partial charge on any atom is -0.486 e. The molecular formula is C20H30ClN3O3S. The van der Waals surface area contributed by atoms with Crippen LogP contribution in [0.2, 0.25) is 5.02 Å². The smallest absolute Gasteiger partial charge is 0.191 e. The molecule has 2 aliphatic rings. The lowest BCUT2D eigenvalue weighted by atomic mass is 9.95. The Kier molecular flexibility index (Phi) is 7.85. The van der Waals surface area contributed by atoms with Crippen LogP contribution in [-0.4, -0.2) is 54.0 Å². The zero-order valence-electron chi connectivity index (χ0n) is 16.6. The molecule has 1 aromatic carbocycles. The second-order valence-electron chi connectivity index (χ2n) is 7.15. The summed E-state index contributed by atoms with van der Waals surface area (Å²) < 4.78 is 23.3. The van der Waals surface area contributed by atoms with Crippen molar-refractivity contribution in [3.8, 4) is 11.5 Å². The molecule has 1 aromatic rings. The number of benzene rings is 1. The van der Waals surface area contributed by atoms with Crippen molar-refractivity contribution in [2.45, 2.75) is 50.3 Å². The van der Waals surface area contributed by atoms with Gasteiger partial charge in [0.2, 0.25) is 0 Å². The number of rotatable bonds is 6. The number of nitrogens with one attached hydrogen (secondary N) is 2. The highest BCUT2D eigenvalue weighted by Gasteiger charge is 2.26. The first kappa shape index (κ1) is 21.2. The SMILES string of the molecule is CCS(=O)C1CCCC(NC(=NC)NCCc2cc(Cl)c3c(c2)OCCO3)C1. The number of hydrogen-bond acceptors (Lipinski definition) is 4. The summed E-state index contributed by atoms with van der Waals surface area (Å²) in [5.74, 6) is 2.88. The highest BCUT2D eigenvalue weighted by Crippen LogP contribution is 2.38. The third-order valence-electron chi connectivity index (χ3n) is 5.21. The van der Waals surface area contributed by atoms with E-state index in [1.165, 1.54) is 0 Å². The largest absolute Gasteiger partial charge is 0.486 e. The van der Waals surface area contributed by atoms with Crippen LogP contribution in [0.3, 0.4) is 0 Å². The lowest BCUT2D eigenvalue weighted by Crippen LogP contribution is -2.47. The minimum absolute atomic E-state index is 0.300. The quantitative estimate of drug-likeness (QED) is 0.539. The second kappa shape index (κ2) is 10.3. The monoisotopic (exact) mass is 427 g/mol. The molecule has 0 saturated heterocycles. The van der Waals surface area contributed by atoms with Crippen molar-refractivity contribution >= 4 is 28.4 Å². The van der Waals surface area contributed by atoms with E-state index >= 15 is 0 Å². The van der Waals surface area contributed by atoms with E-state index in [4.69, 9.17) is 21.1 Å². The van der Waals surface area contributed by atoms with Gasteiger partial charge < -0.3 is 20.1 Å². The molecule has 8 heteroatoms. The first-order valence-corrected chi connectivity index (χ1v) is 11.8.